The Labute approximate surface area is 117 Å². The zero-order valence-electron chi connectivity index (χ0n) is 11.2. The smallest absolute Gasteiger partial charge is 0.369 e. The summed E-state index contributed by atoms with van der Waals surface area (Å²) in [7, 11) is 1.47. The van der Waals surface area contributed by atoms with Crippen LogP contribution in [0.15, 0.2) is 22.7 Å². The molecule has 0 aliphatic rings. The zero-order valence-corrected chi connectivity index (χ0v) is 11.0. The maximum Gasteiger partial charge on any atom is 0.369 e. The maximum absolute atomic E-state index is 11.8. The third kappa shape index (κ3) is 2.25. The predicted molar refractivity (Wildman–Crippen MR) is 66.4 cm³/mol. The maximum atomic E-state index is 11.8. The molecule has 0 fully saturated rings. The fraction of sp³-hybridized carbons (Fsp3) is 0.222. The molecule has 3 heterocycles. The first kappa shape index (κ1) is 11.2. The average Bonchev–Trinajstić information content (AvgIpc) is 3.04. The minimum atomic E-state index is -0.459. The average molecular weight is 294 g/mol. The van der Waals surface area contributed by atoms with E-state index in [0.717, 1.165) is 9.36 Å². The molecule has 0 spiro atoms. The Bertz CT molecular complexity index is 827. The first-order chi connectivity index (χ1) is 10.1. The Hall–Kier alpha value is -2.69. The Morgan fingerprint density at radius 3 is 3.05 bits per heavy atom. The summed E-state index contributed by atoms with van der Waals surface area (Å²) >= 11 is 1.19. The number of aromatic nitrogens is 8. The van der Waals surface area contributed by atoms with Gasteiger partial charge in [-0.05, 0) is 10.4 Å². The molecule has 3 rings (SSSR count). The minimum Gasteiger partial charge on any atom is -0.463 e. The third-order valence-corrected chi connectivity index (χ3v) is 2.93. The van der Waals surface area contributed by atoms with Gasteiger partial charge in [-0.25, -0.2) is 14.8 Å². The summed E-state index contributed by atoms with van der Waals surface area (Å²) in [6.45, 7) is -0.00780. The Balaban J connectivity index is 1.89. The lowest BCUT2D eigenvalue weighted by Gasteiger charge is -2.04. The van der Waals surface area contributed by atoms with Crippen molar-refractivity contribution in [1.82, 2.24) is 40.0 Å². The summed E-state index contributed by atoms with van der Waals surface area (Å²) in [6, 6.07) is 0. The van der Waals surface area contributed by atoms with Gasteiger partial charge in [0, 0.05) is 18.6 Å². The van der Waals surface area contributed by atoms with Gasteiger partial charge in [-0.2, -0.15) is 4.68 Å². The Kier molecular flexibility index (Phi) is 2.86. The molecule has 3 aromatic rings. The molecule has 0 amide bonds. The predicted octanol–water partition coefficient (Wildman–Crippen LogP) is -0.814. The van der Waals surface area contributed by atoms with Crippen molar-refractivity contribution in [3.63, 3.8) is 0 Å². The standard InChI is InChI=1S/C9H8N8O2S/c1-16-9(18)17(15-14-16)7-6(13-12-5-11-7)4-19-8-10-2-3-20-8/h2-3,5H,4H2,1H3/i2T. The van der Waals surface area contributed by atoms with E-state index < -0.39 is 5.69 Å². The second kappa shape index (κ2) is 5.13. The fourth-order valence-electron chi connectivity index (χ4n) is 1.39. The highest BCUT2D eigenvalue weighted by Crippen LogP contribution is 2.15. The molecule has 11 heteroatoms. The van der Waals surface area contributed by atoms with Crippen molar-refractivity contribution in [3.8, 4) is 11.0 Å². The molecule has 20 heavy (non-hydrogen) atoms. The first-order valence-corrected chi connectivity index (χ1v) is 6.24. The van der Waals surface area contributed by atoms with Crippen LogP contribution in [0.3, 0.4) is 0 Å². The molecular weight excluding hydrogens is 284 g/mol. The molecule has 102 valence electrons. The van der Waals surface area contributed by atoms with E-state index >= 15 is 0 Å². The molecule has 0 unspecified atom stereocenters. The summed E-state index contributed by atoms with van der Waals surface area (Å²) < 4.78 is 14.8. The van der Waals surface area contributed by atoms with Crippen LogP contribution < -0.4 is 10.4 Å². The molecule has 0 bridgehead atoms. The van der Waals surface area contributed by atoms with Gasteiger partial charge in [0.1, 0.15) is 18.6 Å². The van der Waals surface area contributed by atoms with Gasteiger partial charge in [0.2, 0.25) is 0 Å². The van der Waals surface area contributed by atoms with Crippen LogP contribution in [0, 0.1) is 0 Å². The first-order valence-electron chi connectivity index (χ1n) is 5.86. The third-order valence-electron chi connectivity index (χ3n) is 2.29. The lowest BCUT2D eigenvalue weighted by atomic mass is 10.4. The van der Waals surface area contributed by atoms with Crippen LogP contribution in [-0.2, 0) is 13.7 Å². The van der Waals surface area contributed by atoms with Gasteiger partial charge in [0.15, 0.2) is 5.82 Å². The van der Waals surface area contributed by atoms with Crippen molar-refractivity contribution in [2.24, 2.45) is 7.05 Å². The Morgan fingerprint density at radius 2 is 2.35 bits per heavy atom. The number of thiazole rings is 1. The molecule has 0 aromatic carbocycles. The van der Waals surface area contributed by atoms with E-state index in [4.69, 9.17) is 6.11 Å². The summed E-state index contributed by atoms with van der Waals surface area (Å²) in [5, 5.41) is 16.7. The number of hydrogen-bond donors (Lipinski definition) is 0. The van der Waals surface area contributed by atoms with E-state index in [2.05, 4.69) is 30.6 Å². The molecule has 0 saturated carbocycles. The van der Waals surface area contributed by atoms with Crippen molar-refractivity contribution in [2.75, 3.05) is 0 Å². The van der Waals surface area contributed by atoms with Crippen molar-refractivity contribution in [1.29, 1.82) is 0 Å². The molecule has 0 saturated heterocycles. The zero-order chi connectivity index (χ0) is 14.8. The van der Waals surface area contributed by atoms with Gasteiger partial charge >= 0.3 is 5.69 Å². The molecule has 0 atom stereocenters. The Morgan fingerprint density at radius 1 is 1.45 bits per heavy atom. The lowest BCUT2D eigenvalue weighted by Crippen LogP contribution is -2.24. The summed E-state index contributed by atoms with van der Waals surface area (Å²) in [5.41, 5.74) is -0.152. The molecular formula is C9H8N8O2S. The topological polar surface area (TPSA) is 113 Å². The van der Waals surface area contributed by atoms with Gasteiger partial charge in [0.25, 0.3) is 5.19 Å². The molecule has 3 aromatic heterocycles. The van der Waals surface area contributed by atoms with Gasteiger partial charge in [-0.1, -0.05) is 11.3 Å². The number of hydrogen-bond acceptors (Lipinski definition) is 9. The second-order valence-electron chi connectivity index (χ2n) is 3.56. The van der Waals surface area contributed by atoms with Gasteiger partial charge in [0.05, 0.1) is 1.37 Å². The highest BCUT2D eigenvalue weighted by atomic mass is 32.1. The molecule has 0 N–H and O–H groups in total. The van der Waals surface area contributed by atoms with Crippen LogP contribution in [0.1, 0.15) is 7.06 Å². The number of nitrogens with zero attached hydrogens (tertiary/aromatic N) is 8. The van der Waals surface area contributed by atoms with Gasteiger partial charge in [-0.3, -0.25) is 0 Å². The van der Waals surface area contributed by atoms with E-state index in [9.17, 15) is 4.79 Å². The molecule has 10 nitrogen and oxygen atoms in total. The van der Waals surface area contributed by atoms with Crippen molar-refractivity contribution in [2.45, 2.75) is 6.61 Å². The number of ether oxygens (including phenoxy) is 1. The summed E-state index contributed by atoms with van der Waals surface area (Å²) in [6.07, 6.45) is 1.32. The number of rotatable bonds is 4. The van der Waals surface area contributed by atoms with Crippen LogP contribution in [0.5, 0.6) is 5.19 Å². The van der Waals surface area contributed by atoms with E-state index in [-0.39, 0.29) is 18.6 Å². The van der Waals surface area contributed by atoms with Crippen LogP contribution >= 0.6 is 11.3 Å². The van der Waals surface area contributed by atoms with E-state index in [1.807, 2.05) is 0 Å². The van der Waals surface area contributed by atoms with E-state index in [1.54, 1.807) is 5.38 Å². The van der Waals surface area contributed by atoms with E-state index in [1.165, 1.54) is 24.7 Å². The highest BCUT2D eigenvalue weighted by molar-refractivity contribution is 7.11. The van der Waals surface area contributed by atoms with Crippen molar-refractivity contribution >= 4 is 11.3 Å². The van der Waals surface area contributed by atoms with Crippen LogP contribution in [0.4, 0.5) is 0 Å². The minimum absolute atomic E-state index is 0.00780. The van der Waals surface area contributed by atoms with Crippen LogP contribution in [0.25, 0.3) is 5.82 Å². The van der Waals surface area contributed by atoms with Gasteiger partial charge in [-0.15, -0.1) is 14.9 Å². The second-order valence-corrected chi connectivity index (χ2v) is 4.38. The quantitative estimate of drug-likeness (QED) is 0.613. The number of tetrazole rings is 1. The normalized spacial score (nSPS) is 11.3. The monoisotopic (exact) mass is 294 g/mol. The molecule has 0 aliphatic carbocycles. The van der Waals surface area contributed by atoms with Crippen LogP contribution in [0.2, 0.25) is 0 Å². The van der Waals surface area contributed by atoms with Crippen molar-refractivity contribution < 1.29 is 6.11 Å². The fourth-order valence-corrected chi connectivity index (χ4v) is 1.83. The van der Waals surface area contributed by atoms with Gasteiger partial charge < -0.3 is 4.74 Å². The van der Waals surface area contributed by atoms with E-state index in [0.29, 0.717) is 10.9 Å². The summed E-state index contributed by atoms with van der Waals surface area (Å²) in [5.74, 6) is 0.186. The van der Waals surface area contributed by atoms with Crippen molar-refractivity contribution in [3.05, 3.63) is 34.1 Å². The lowest BCUT2D eigenvalue weighted by molar-refractivity contribution is 0.296. The SMILES string of the molecule is [3H]c1csc(OCc2nncnc2-n2nnn(C)c2=O)n1. The number of aryl methyl sites for hydroxylation is 1. The molecule has 0 aliphatic heterocycles. The summed E-state index contributed by atoms with van der Waals surface area (Å²) in [4.78, 5) is 19.7. The molecule has 0 radical (unpaired) electrons. The highest BCUT2D eigenvalue weighted by Gasteiger charge is 2.14. The largest absolute Gasteiger partial charge is 0.463 e. The van der Waals surface area contributed by atoms with Crippen LogP contribution in [-0.4, -0.2) is 40.0 Å².